The molecule has 2 fully saturated rings. The minimum atomic E-state index is 0.0409. The highest BCUT2D eigenvalue weighted by Crippen LogP contribution is 2.42. The third-order valence-corrected chi connectivity index (χ3v) is 4.95. The Balaban J connectivity index is 1.41. The molecule has 6 nitrogen and oxygen atoms in total. The summed E-state index contributed by atoms with van der Waals surface area (Å²) in [5.74, 6) is 1.45. The Labute approximate surface area is 130 Å². The van der Waals surface area contributed by atoms with Crippen LogP contribution in [0.5, 0.6) is 0 Å². The summed E-state index contributed by atoms with van der Waals surface area (Å²) >= 11 is 0. The number of piperidine rings is 1. The molecule has 0 radical (unpaired) electrons. The van der Waals surface area contributed by atoms with Crippen LogP contribution in [0.25, 0.3) is 0 Å². The molecule has 1 spiro atoms. The van der Waals surface area contributed by atoms with Crippen LogP contribution >= 0.6 is 0 Å². The topological polar surface area (TPSA) is 56.1 Å². The quantitative estimate of drug-likeness (QED) is 0.845. The Hall–Kier alpha value is -1.95. The van der Waals surface area contributed by atoms with E-state index in [1.165, 1.54) is 5.56 Å². The van der Waals surface area contributed by atoms with E-state index in [1.54, 1.807) is 12.4 Å². The van der Waals surface area contributed by atoms with Crippen molar-refractivity contribution in [3.05, 3.63) is 36.5 Å². The summed E-state index contributed by atoms with van der Waals surface area (Å²) in [6.07, 6.45) is 12.6. The molecule has 2 aliphatic heterocycles. The maximum Gasteiger partial charge on any atom is 0.147 e. The van der Waals surface area contributed by atoms with E-state index in [1.807, 2.05) is 24.1 Å². The van der Waals surface area contributed by atoms with Crippen LogP contribution in [0.3, 0.4) is 0 Å². The molecule has 0 N–H and O–H groups in total. The molecule has 0 aliphatic carbocycles. The number of hydrogen-bond donors (Lipinski definition) is 0. The van der Waals surface area contributed by atoms with Gasteiger partial charge >= 0.3 is 0 Å². The average Bonchev–Trinajstić information content (AvgIpc) is 3.16. The SMILES string of the molecule is Cn1cc([C@@H]2COC3(CCN(c4cnccn4)CC3)C2)cn1. The molecular formula is C16H21N5O. The van der Waals surface area contributed by atoms with Gasteiger partial charge in [-0.2, -0.15) is 5.10 Å². The predicted octanol–water partition coefficient (Wildman–Crippen LogP) is 1.75. The fourth-order valence-electron chi connectivity index (χ4n) is 3.66. The first-order valence-electron chi connectivity index (χ1n) is 7.88. The Kier molecular flexibility index (Phi) is 3.33. The van der Waals surface area contributed by atoms with Gasteiger partial charge in [-0.25, -0.2) is 4.98 Å². The van der Waals surface area contributed by atoms with Gasteiger partial charge in [-0.05, 0) is 24.8 Å². The van der Waals surface area contributed by atoms with Crippen LogP contribution in [-0.4, -0.2) is 45.0 Å². The summed E-state index contributed by atoms with van der Waals surface area (Å²) in [6, 6.07) is 0. The highest BCUT2D eigenvalue weighted by molar-refractivity contribution is 5.36. The van der Waals surface area contributed by atoms with Crippen molar-refractivity contribution in [2.24, 2.45) is 7.05 Å². The molecule has 2 aromatic heterocycles. The number of nitrogens with zero attached hydrogens (tertiary/aromatic N) is 5. The Morgan fingerprint density at radius 3 is 2.77 bits per heavy atom. The summed E-state index contributed by atoms with van der Waals surface area (Å²) in [5.41, 5.74) is 1.34. The molecular weight excluding hydrogens is 278 g/mol. The van der Waals surface area contributed by atoms with Crippen LogP contribution in [0.4, 0.5) is 5.82 Å². The molecule has 0 saturated carbocycles. The molecule has 4 heterocycles. The van der Waals surface area contributed by atoms with E-state index < -0.39 is 0 Å². The highest BCUT2D eigenvalue weighted by atomic mass is 16.5. The van der Waals surface area contributed by atoms with Crippen molar-refractivity contribution in [2.45, 2.75) is 30.8 Å². The van der Waals surface area contributed by atoms with Crippen molar-refractivity contribution in [3.8, 4) is 0 Å². The van der Waals surface area contributed by atoms with Gasteiger partial charge in [0.1, 0.15) is 5.82 Å². The van der Waals surface area contributed by atoms with Gasteiger partial charge in [0.2, 0.25) is 0 Å². The summed E-state index contributed by atoms with van der Waals surface area (Å²) in [4.78, 5) is 10.9. The van der Waals surface area contributed by atoms with E-state index in [0.717, 1.165) is 44.8 Å². The van der Waals surface area contributed by atoms with Crippen LogP contribution in [0.1, 0.15) is 30.7 Å². The minimum Gasteiger partial charge on any atom is -0.374 e. The zero-order valence-corrected chi connectivity index (χ0v) is 12.9. The van der Waals surface area contributed by atoms with Crippen molar-refractivity contribution in [3.63, 3.8) is 0 Å². The van der Waals surface area contributed by atoms with Gasteiger partial charge in [0.25, 0.3) is 0 Å². The van der Waals surface area contributed by atoms with Crippen molar-refractivity contribution in [2.75, 3.05) is 24.6 Å². The highest BCUT2D eigenvalue weighted by Gasteiger charge is 2.43. The summed E-state index contributed by atoms with van der Waals surface area (Å²) < 4.78 is 8.11. The molecule has 0 aromatic carbocycles. The lowest BCUT2D eigenvalue weighted by molar-refractivity contribution is -0.0149. The van der Waals surface area contributed by atoms with Gasteiger partial charge in [0.05, 0.1) is 24.6 Å². The molecule has 0 amide bonds. The van der Waals surface area contributed by atoms with E-state index in [9.17, 15) is 0 Å². The molecule has 0 unspecified atom stereocenters. The van der Waals surface area contributed by atoms with Gasteiger partial charge in [0.15, 0.2) is 0 Å². The fourth-order valence-corrected chi connectivity index (χ4v) is 3.66. The zero-order valence-electron chi connectivity index (χ0n) is 12.9. The normalized spacial score (nSPS) is 24.0. The maximum atomic E-state index is 6.24. The third kappa shape index (κ3) is 2.47. The van der Waals surface area contributed by atoms with Crippen molar-refractivity contribution >= 4 is 5.82 Å². The smallest absolute Gasteiger partial charge is 0.147 e. The lowest BCUT2D eigenvalue weighted by atomic mass is 9.84. The van der Waals surface area contributed by atoms with E-state index in [0.29, 0.717) is 5.92 Å². The van der Waals surface area contributed by atoms with E-state index in [2.05, 4.69) is 26.2 Å². The van der Waals surface area contributed by atoms with Crippen molar-refractivity contribution in [1.82, 2.24) is 19.7 Å². The zero-order chi connectivity index (χ0) is 15.0. The van der Waals surface area contributed by atoms with Crippen LogP contribution in [-0.2, 0) is 11.8 Å². The molecule has 2 aliphatic rings. The number of anilines is 1. The second-order valence-electron chi connectivity index (χ2n) is 6.39. The molecule has 1 atom stereocenters. The van der Waals surface area contributed by atoms with Crippen LogP contribution < -0.4 is 4.90 Å². The second-order valence-corrected chi connectivity index (χ2v) is 6.39. The van der Waals surface area contributed by atoms with Crippen LogP contribution in [0.2, 0.25) is 0 Å². The molecule has 4 rings (SSSR count). The third-order valence-electron chi connectivity index (χ3n) is 4.95. The maximum absolute atomic E-state index is 6.24. The monoisotopic (exact) mass is 299 g/mol. The Morgan fingerprint density at radius 1 is 1.23 bits per heavy atom. The van der Waals surface area contributed by atoms with Crippen LogP contribution in [0, 0.1) is 0 Å². The number of rotatable bonds is 2. The van der Waals surface area contributed by atoms with Gasteiger partial charge in [-0.1, -0.05) is 0 Å². The number of aromatic nitrogens is 4. The largest absolute Gasteiger partial charge is 0.374 e. The average molecular weight is 299 g/mol. The van der Waals surface area contributed by atoms with Crippen molar-refractivity contribution < 1.29 is 4.74 Å². The first-order valence-corrected chi connectivity index (χ1v) is 7.88. The lowest BCUT2D eigenvalue weighted by Gasteiger charge is -2.39. The number of hydrogen-bond acceptors (Lipinski definition) is 5. The molecule has 0 bridgehead atoms. The summed E-state index contributed by atoms with van der Waals surface area (Å²) in [5, 5.41) is 4.28. The molecule has 2 aromatic rings. The van der Waals surface area contributed by atoms with E-state index >= 15 is 0 Å². The van der Waals surface area contributed by atoms with Crippen LogP contribution in [0.15, 0.2) is 31.0 Å². The van der Waals surface area contributed by atoms with Gasteiger partial charge < -0.3 is 9.64 Å². The predicted molar refractivity (Wildman–Crippen MR) is 82.7 cm³/mol. The Morgan fingerprint density at radius 2 is 2.09 bits per heavy atom. The van der Waals surface area contributed by atoms with Gasteiger partial charge in [0, 0.05) is 44.6 Å². The molecule has 116 valence electrons. The van der Waals surface area contributed by atoms with E-state index in [4.69, 9.17) is 4.74 Å². The first kappa shape index (κ1) is 13.7. The molecule has 6 heteroatoms. The van der Waals surface area contributed by atoms with Crippen molar-refractivity contribution in [1.29, 1.82) is 0 Å². The number of ether oxygens (including phenoxy) is 1. The molecule has 22 heavy (non-hydrogen) atoms. The standard InChI is InChI=1S/C16H21N5O/c1-20-11-14(9-19-20)13-8-16(22-12-13)2-6-21(7-3-16)15-10-17-4-5-18-15/h4-5,9-11,13H,2-3,6-8,12H2,1H3/t13-/m0/s1. The summed E-state index contributed by atoms with van der Waals surface area (Å²) in [6.45, 7) is 2.79. The molecule has 2 saturated heterocycles. The van der Waals surface area contributed by atoms with Gasteiger partial charge in [-0.15, -0.1) is 0 Å². The van der Waals surface area contributed by atoms with Gasteiger partial charge in [-0.3, -0.25) is 9.67 Å². The number of aryl methyl sites for hydroxylation is 1. The first-order chi connectivity index (χ1) is 10.7. The Bertz CT molecular complexity index is 633. The van der Waals surface area contributed by atoms with E-state index in [-0.39, 0.29) is 5.60 Å². The fraction of sp³-hybridized carbons (Fsp3) is 0.562. The summed E-state index contributed by atoms with van der Waals surface area (Å²) in [7, 11) is 1.97. The lowest BCUT2D eigenvalue weighted by Crippen LogP contribution is -2.44. The minimum absolute atomic E-state index is 0.0409. The second kappa shape index (κ2) is 5.35.